The van der Waals surface area contributed by atoms with Crippen molar-refractivity contribution in [2.24, 2.45) is 11.1 Å². The van der Waals surface area contributed by atoms with Gasteiger partial charge in [-0.1, -0.05) is 13.0 Å². The van der Waals surface area contributed by atoms with Crippen LogP contribution >= 0.6 is 0 Å². The molecule has 118 valence electrons. The topological polar surface area (TPSA) is 72.6 Å². The van der Waals surface area contributed by atoms with Crippen molar-refractivity contribution in [1.29, 1.82) is 0 Å². The van der Waals surface area contributed by atoms with Crippen LogP contribution in [0.2, 0.25) is 0 Å². The summed E-state index contributed by atoms with van der Waals surface area (Å²) < 4.78 is 32.7. The molecule has 0 amide bonds. The molecular formula is C15H24N2O3S. The molecule has 0 saturated carbocycles. The Morgan fingerprint density at radius 2 is 2.05 bits per heavy atom. The van der Waals surface area contributed by atoms with Crippen molar-refractivity contribution in [2.45, 2.75) is 32.1 Å². The van der Waals surface area contributed by atoms with Crippen LogP contribution in [0.25, 0.3) is 0 Å². The molecule has 5 nitrogen and oxygen atoms in total. The molecule has 1 fully saturated rings. The van der Waals surface area contributed by atoms with E-state index >= 15 is 0 Å². The molecule has 1 aromatic rings. The fourth-order valence-corrected chi connectivity index (χ4v) is 4.76. The third kappa shape index (κ3) is 2.93. The second-order valence-electron chi connectivity index (χ2n) is 6.22. The van der Waals surface area contributed by atoms with Crippen LogP contribution in [0.5, 0.6) is 5.75 Å². The van der Waals surface area contributed by atoms with E-state index < -0.39 is 10.0 Å². The number of benzene rings is 1. The van der Waals surface area contributed by atoms with Crippen LogP contribution in [0.1, 0.15) is 24.5 Å². The number of hydrogen-bond donors (Lipinski definition) is 1. The molecule has 21 heavy (non-hydrogen) atoms. The molecule has 1 unspecified atom stereocenters. The van der Waals surface area contributed by atoms with Gasteiger partial charge in [0.1, 0.15) is 10.6 Å². The van der Waals surface area contributed by atoms with Crippen LogP contribution in [-0.4, -0.2) is 39.5 Å². The molecule has 0 radical (unpaired) electrons. The highest BCUT2D eigenvalue weighted by Crippen LogP contribution is 2.36. The molecule has 0 aromatic heterocycles. The molecule has 0 aliphatic carbocycles. The van der Waals surface area contributed by atoms with Crippen LogP contribution < -0.4 is 10.5 Å². The van der Waals surface area contributed by atoms with E-state index in [4.69, 9.17) is 10.5 Å². The average molecular weight is 312 g/mol. The summed E-state index contributed by atoms with van der Waals surface area (Å²) in [6, 6.07) is 3.60. The lowest BCUT2D eigenvalue weighted by Crippen LogP contribution is -2.34. The summed E-state index contributed by atoms with van der Waals surface area (Å²) in [6.45, 7) is 7.23. The number of nitrogens with zero attached hydrogens (tertiary/aromatic N) is 1. The van der Waals surface area contributed by atoms with Crippen LogP contribution in [0.4, 0.5) is 0 Å². The summed E-state index contributed by atoms with van der Waals surface area (Å²) in [5.74, 6) is 0.432. The van der Waals surface area contributed by atoms with Gasteiger partial charge in [0, 0.05) is 13.1 Å². The highest BCUT2D eigenvalue weighted by atomic mass is 32.2. The summed E-state index contributed by atoms with van der Waals surface area (Å²) in [5, 5.41) is 0. The lowest BCUT2D eigenvalue weighted by atomic mass is 9.90. The zero-order valence-electron chi connectivity index (χ0n) is 13.1. The minimum absolute atomic E-state index is 0.140. The second-order valence-corrected chi connectivity index (χ2v) is 8.12. The van der Waals surface area contributed by atoms with Gasteiger partial charge in [-0.15, -0.1) is 0 Å². The minimum Gasteiger partial charge on any atom is -0.495 e. The second kappa shape index (κ2) is 5.59. The largest absolute Gasteiger partial charge is 0.495 e. The van der Waals surface area contributed by atoms with Crippen LogP contribution in [0, 0.1) is 19.3 Å². The monoisotopic (exact) mass is 312 g/mol. The maximum absolute atomic E-state index is 12.9. The predicted octanol–water partition coefficient (Wildman–Crippen LogP) is 1.67. The molecule has 1 aliphatic rings. The van der Waals surface area contributed by atoms with Gasteiger partial charge in [-0.25, -0.2) is 8.42 Å². The summed E-state index contributed by atoms with van der Waals surface area (Å²) in [4.78, 5) is 0.253. The van der Waals surface area contributed by atoms with E-state index in [1.54, 1.807) is 6.07 Å². The van der Waals surface area contributed by atoms with E-state index in [0.29, 0.717) is 25.4 Å². The lowest BCUT2D eigenvalue weighted by molar-refractivity contribution is 0.348. The van der Waals surface area contributed by atoms with Crippen molar-refractivity contribution in [2.75, 3.05) is 26.7 Å². The third-order valence-electron chi connectivity index (χ3n) is 4.22. The molecule has 1 saturated heterocycles. The average Bonchev–Trinajstić information content (AvgIpc) is 2.82. The first kappa shape index (κ1) is 16.3. The third-order valence-corrected chi connectivity index (χ3v) is 6.07. The molecule has 1 heterocycles. The molecule has 0 spiro atoms. The molecule has 0 bridgehead atoms. The number of sulfonamides is 1. The van der Waals surface area contributed by atoms with Gasteiger partial charge in [0.25, 0.3) is 0 Å². The van der Waals surface area contributed by atoms with Gasteiger partial charge in [0.05, 0.1) is 7.11 Å². The quantitative estimate of drug-likeness (QED) is 0.918. The van der Waals surface area contributed by atoms with Gasteiger partial charge >= 0.3 is 0 Å². The van der Waals surface area contributed by atoms with E-state index in [9.17, 15) is 8.42 Å². The summed E-state index contributed by atoms with van der Waals surface area (Å²) in [5.41, 5.74) is 7.37. The molecular weight excluding hydrogens is 288 g/mol. The van der Waals surface area contributed by atoms with Crippen molar-refractivity contribution in [3.05, 3.63) is 23.3 Å². The van der Waals surface area contributed by atoms with E-state index in [1.165, 1.54) is 11.4 Å². The lowest BCUT2D eigenvalue weighted by Gasteiger charge is -2.23. The molecule has 2 rings (SSSR count). The summed E-state index contributed by atoms with van der Waals surface area (Å²) in [6.07, 6.45) is 0.788. The number of nitrogens with two attached hydrogens (primary N) is 1. The predicted molar refractivity (Wildman–Crippen MR) is 83.0 cm³/mol. The maximum Gasteiger partial charge on any atom is 0.246 e. The Balaban J connectivity index is 2.46. The van der Waals surface area contributed by atoms with Crippen molar-refractivity contribution in [1.82, 2.24) is 4.31 Å². The van der Waals surface area contributed by atoms with E-state index in [-0.39, 0.29) is 10.3 Å². The molecule has 1 aromatic carbocycles. The van der Waals surface area contributed by atoms with Crippen LogP contribution in [-0.2, 0) is 10.0 Å². The van der Waals surface area contributed by atoms with Gasteiger partial charge in [0.15, 0.2) is 0 Å². The van der Waals surface area contributed by atoms with Gasteiger partial charge in [-0.3, -0.25) is 0 Å². The van der Waals surface area contributed by atoms with Gasteiger partial charge in [-0.2, -0.15) is 4.31 Å². The normalized spacial score (nSPS) is 23.5. The first-order chi connectivity index (χ1) is 9.73. The zero-order chi connectivity index (χ0) is 15.8. The SMILES string of the molecule is COc1c(C)cc(C)cc1S(=O)(=O)N1CCC(C)(CN)C1. The zero-order valence-corrected chi connectivity index (χ0v) is 14.0. The standard InChI is InChI=1S/C15H24N2O3S/c1-11-7-12(2)14(20-4)13(8-11)21(18,19)17-6-5-15(3,9-16)10-17/h7-8H,5-6,9-10,16H2,1-4H3. The Hall–Kier alpha value is -1.11. The fraction of sp³-hybridized carbons (Fsp3) is 0.600. The summed E-state index contributed by atoms with van der Waals surface area (Å²) >= 11 is 0. The number of hydrogen-bond acceptors (Lipinski definition) is 4. The first-order valence-electron chi connectivity index (χ1n) is 7.09. The Kier molecular flexibility index (Phi) is 4.33. The Bertz CT molecular complexity index is 643. The van der Waals surface area contributed by atoms with Gasteiger partial charge < -0.3 is 10.5 Å². The van der Waals surface area contributed by atoms with E-state index in [2.05, 4.69) is 0 Å². The van der Waals surface area contributed by atoms with Crippen LogP contribution in [0.15, 0.2) is 17.0 Å². The summed E-state index contributed by atoms with van der Waals surface area (Å²) in [7, 11) is -2.05. The van der Waals surface area contributed by atoms with Crippen molar-refractivity contribution in [3.8, 4) is 5.75 Å². The molecule has 1 atom stereocenters. The Morgan fingerprint density at radius 3 is 2.57 bits per heavy atom. The maximum atomic E-state index is 12.9. The number of aryl methyl sites for hydroxylation is 2. The minimum atomic E-state index is -3.55. The van der Waals surface area contributed by atoms with Crippen LogP contribution in [0.3, 0.4) is 0 Å². The number of rotatable bonds is 4. The van der Waals surface area contributed by atoms with Gasteiger partial charge in [-0.05, 0) is 49.4 Å². The fourth-order valence-electron chi connectivity index (χ4n) is 2.86. The van der Waals surface area contributed by atoms with Crippen molar-refractivity contribution < 1.29 is 13.2 Å². The van der Waals surface area contributed by atoms with Crippen molar-refractivity contribution >= 4 is 10.0 Å². The molecule has 1 aliphatic heterocycles. The highest BCUT2D eigenvalue weighted by molar-refractivity contribution is 7.89. The number of ether oxygens (including phenoxy) is 1. The van der Waals surface area contributed by atoms with Crippen molar-refractivity contribution in [3.63, 3.8) is 0 Å². The first-order valence-corrected chi connectivity index (χ1v) is 8.53. The molecule has 2 N–H and O–H groups in total. The number of methoxy groups -OCH3 is 1. The van der Waals surface area contributed by atoms with E-state index in [0.717, 1.165) is 17.5 Å². The highest BCUT2D eigenvalue weighted by Gasteiger charge is 2.40. The smallest absolute Gasteiger partial charge is 0.246 e. The van der Waals surface area contributed by atoms with Gasteiger partial charge in [0.2, 0.25) is 10.0 Å². The van der Waals surface area contributed by atoms with E-state index in [1.807, 2.05) is 26.8 Å². The Morgan fingerprint density at radius 1 is 1.38 bits per heavy atom. The molecule has 6 heteroatoms. The Labute approximate surface area is 127 Å².